The maximum atomic E-state index is 14.1. The summed E-state index contributed by atoms with van der Waals surface area (Å²) in [5, 5.41) is 10.5. The van der Waals surface area contributed by atoms with E-state index in [1.807, 2.05) is 39.0 Å². The second kappa shape index (κ2) is 5.43. The van der Waals surface area contributed by atoms with Crippen molar-refractivity contribution in [3.63, 3.8) is 0 Å². The Morgan fingerprint density at radius 1 is 1.11 bits per heavy atom. The lowest BCUT2D eigenvalue weighted by atomic mass is 9.94. The van der Waals surface area contributed by atoms with E-state index in [1.54, 1.807) is 6.07 Å². The molecule has 100 valence electrons. The fourth-order valence-electron chi connectivity index (χ4n) is 2.31. The van der Waals surface area contributed by atoms with E-state index in [9.17, 15) is 9.50 Å². The molecule has 0 bridgehead atoms. The van der Waals surface area contributed by atoms with Crippen molar-refractivity contribution in [2.45, 2.75) is 26.9 Å². The van der Waals surface area contributed by atoms with Gasteiger partial charge in [0.1, 0.15) is 11.9 Å². The first-order chi connectivity index (χ1) is 8.91. The second-order valence-electron chi connectivity index (χ2n) is 4.86. The average Bonchev–Trinajstić information content (AvgIpc) is 2.31. The number of halogens is 2. The van der Waals surface area contributed by atoms with Crippen molar-refractivity contribution in [2.75, 3.05) is 0 Å². The molecular weight excluding hydrogens is 307 g/mol. The van der Waals surface area contributed by atoms with Crippen molar-refractivity contribution in [2.24, 2.45) is 0 Å². The molecular formula is C16H16BrFO. The molecule has 0 saturated heterocycles. The van der Waals surface area contributed by atoms with Crippen LogP contribution in [0.2, 0.25) is 0 Å². The first-order valence-corrected chi connectivity index (χ1v) is 6.91. The van der Waals surface area contributed by atoms with Gasteiger partial charge in [-0.05, 0) is 49.1 Å². The van der Waals surface area contributed by atoms with Crippen LogP contribution in [0.25, 0.3) is 0 Å². The van der Waals surface area contributed by atoms with Gasteiger partial charge in [0.05, 0.1) is 0 Å². The van der Waals surface area contributed by atoms with Crippen LogP contribution in [0.1, 0.15) is 33.9 Å². The van der Waals surface area contributed by atoms with Gasteiger partial charge in [-0.1, -0.05) is 40.2 Å². The van der Waals surface area contributed by atoms with Crippen molar-refractivity contribution in [1.29, 1.82) is 0 Å². The normalized spacial score (nSPS) is 12.5. The van der Waals surface area contributed by atoms with E-state index < -0.39 is 6.10 Å². The zero-order chi connectivity index (χ0) is 14.2. The molecule has 1 N–H and O–H groups in total. The van der Waals surface area contributed by atoms with Gasteiger partial charge in [0, 0.05) is 10.0 Å². The van der Waals surface area contributed by atoms with Gasteiger partial charge < -0.3 is 5.11 Å². The van der Waals surface area contributed by atoms with E-state index in [2.05, 4.69) is 15.9 Å². The highest BCUT2D eigenvalue weighted by atomic mass is 79.9. The topological polar surface area (TPSA) is 20.2 Å². The summed E-state index contributed by atoms with van der Waals surface area (Å²) < 4.78 is 14.9. The van der Waals surface area contributed by atoms with Crippen molar-refractivity contribution in [3.05, 3.63) is 68.4 Å². The lowest BCUT2D eigenvalue weighted by molar-refractivity contribution is 0.213. The first-order valence-electron chi connectivity index (χ1n) is 6.11. The predicted molar refractivity (Wildman–Crippen MR) is 78.8 cm³/mol. The Morgan fingerprint density at radius 2 is 1.79 bits per heavy atom. The van der Waals surface area contributed by atoms with Gasteiger partial charge in [-0.15, -0.1) is 0 Å². The van der Waals surface area contributed by atoms with Crippen LogP contribution in [0.15, 0.2) is 34.8 Å². The van der Waals surface area contributed by atoms with Crippen molar-refractivity contribution >= 4 is 15.9 Å². The largest absolute Gasteiger partial charge is 0.383 e. The van der Waals surface area contributed by atoms with Gasteiger partial charge >= 0.3 is 0 Å². The van der Waals surface area contributed by atoms with Gasteiger partial charge in [0.2, 0.25) is 0 Å². The molecule has 1 atom stereocenters. The molecule has 0 radical (unpaired) electrons. The fraction of sp³-hybridized carbons (Fsp3) is 0.250. The molecule has 0 aliphatic carbocycles. The number of benzene rings is 2. The molecule has 3 heteroatoms. The molecule has 0 aliphatic heterocycles. The maximum Gasteiger partial charge on any atom is 0.129 e. The molecule has 2 aromatic rings. The van der Waals surface area contributed by atoms with Crippen LogP contribution in [0.5, 0.6) is 0 Å². The lowest BCUT2D eigenvalue weighted by Gasteiger charge is -2.18. The molecule has 0 heterocycles. The highest BCUT2D eigenvalue weighted by Crippen LogP contribution is 2.33. The van der Waals surface area contributed by atoms with Crippen molar-refractivity contribution in [1.82, 2.24) is 0 Å². The molecule has 0 fully saturated rings. The Morgan fingerprint density at radius 3 is 2.42 bits per heavy atom. The quantitative estimate of drug-likeness (QED) is 0.857. The summed E-state index contributed by atoms with van der Waals surface area (Å²) in [6.45, 7) is 5.60. The van der Waals surface area contributed by atoms with Crippen molar-refractivity contribution in [3.8, 4) is 0 Å². The third-order valence-corrected chi connectivity index (χ3v) is 4.35. The van der Waals surface area contributed by atoms with E-state index in [0.717, 1.165) is 21.2 Å². The summed E-state index contributed by atoms with van der Waals surface area (Å²) in [7, 11) is 0. The van der Waals surface area contributed by atoms with E-state index in [1.165, 1.54) is 6.07 Å². The standard InChI is InChI=1S/C16H16BrFO/c1-9-7-11(3)14(13(18)8-9)16(19)12-6-4-5-10(2)15(12)17/h4-8,16,19H,1-3H3. The highest BCUT2D eigenvalue weighted by Gasteiger charge is 2.20. The molecule has 1 nitrogen and oxygen atoms in total. The van der Waals surface area contributed by atoms with Crippen LogP contribution in [0.3, 0.4) is 0 Å². The molecule has 0 amide bonds. The van der Waals surface area contributed by atoms with E-state index >= 15 is 0 Å². The van der Waals surface area contributed by atoms with Crippen LogP contribution in [0.4, 0.5) is 4.39 Å². The fourth-order valence-corrected chi connectivity index (χ4v) is 2.79. The average molecular weight is 323 g/mol. The number of hydrogen-bond acceptors (Lipinski definition) is 1. The molecule has 0 aliphatic rings. The zero-order valence-corrected chi connectivity index (χ0v) is 12.8. The lowest BCUT2D eigenvalue weighted by Crippen LogP contribution is -2.07. The number of rotatable bonds is 2. The summed E-state index contributed by atoms with van der Waals surface area (Å²) >= 11 is 3.46. The van der Waals surface area contributed by atoms with E-state index in [4.69, 9.17) is 0 Å². The van der Waals surface area contributed by atoms with Gasteiger partial charge in [-0.25, -0.2) is 4.39 Å². The molecule has 19 heavy (non-hydrogen) atoms. The summed E-state index contributed by atoms with van der Waals surface area (Å²) in [6.07, 6.45) is -0.963. The van der Waals surface area contributed by atoms with Crippen molar-refractivity contribution < 1.29 is 9.50 Å². The van der Waals surface area contributed by atoms with E-state index in [-0.39, 0.29) is 5.82 Å². The van der Waals surface area contributed by atoms with Crippen LogP contribution in [0, 0.1) is 26.6 Å². The third kappa shape index (κ3) is 2.72. The molecule has 1 unspecified atom stereocenters. The van der Waals surface area contributed by atoms with Crippen LogP contribution >= 0.6 is 15.9 Å². The zero-order valence-electron chi connectivity index (χ0n) is 11.2. The molecule has 0 saturated carbocycles. The van der Waals surface area contributed by atoms with Gasteiger partial charge in [0.15, 0.2) is 0 Å². The van der Waals surface area contributed by atoms with E-state index in [0.29, 0.717) is 11.1 Å². The Balaban J connectivity index is 2.56. The second-order valence-corrected chi connectivity index (χ2v) is 5.65. The predicted octanol–water partition coefficient (Wildman–Crippen LogP) is 4.60. The van der Waals surface area contributed by atoms with Gasteiger partial charge in [-0.3, -0.25) is 0 Å². The Labute approximate surface area is 121 Å². The monoisotopic (exact) mass is 322 g/mol. The number of hydrogen-bond donors (Lipinski definition) is 1. The summed E-state index contributed by atoms with van der Waals surface area (Å²) in [5.41, 5.74) is 3.66. The van der Waals surface area contributed by atoms with Crippen LogP contribution in [-0.2, 0) is 0 Å². The molecule has 2 rings (SSSR count). The maximum absolute atomic E-state index is 14.1. The van der Waals surface area contributed by atoms with Crippen LogP contribution in [-0.4, -0.2) is 5.11 Å². The van der Waals surface area contributed by atoms with Crippen LogP contribution < -0.4 is 0 Å². The first kappa shape index (κ1) is 14.2. The Hall–Kier alpha value is -1.19. The molecule has 0 spiro atoms. The molecule has 2 aromatic carbocycles. The Kier molecular flexibility index (Phi) is 4.07. The molecule has 0 aromatic heterocycles. The summed E-state index contributed by atoms with van der Waals surface area (Å²) in [6, 6.07) is 8.94. The number of aliphatic hydroxyl groups is 1. The number of aryl methyl sites for hydroxylation is 3. The Bertz CT molecular complexity index is 599. The number of aliphatic hydroxyl groups excluding tert-OH is 1. The minimum Gasteiger partial charge on any atom is -0.383 e. The smallest absolute Gasteiger partial charge is 0.129 e. The van der Waals surface area contributed by atoms with Gasteiger partial charge in [-0.2, -0.15) is 0 Å². The summed E-state index contributed by atoms with van der Waals surface area (Å²) in [4.78, 5) is 0. The SMILES string of the molecule is Cc1cc(C)c(C(O)c2cccc(C)c2Br)c(F)c1. The van der Waals surface area contributed by atoms with Gasteiger partial charge in [0.25, 0.3) is 0 Å². The minimum absolute atomic E-state index is 0.344. The minimum atomic E-state index is -0.963. The third-order valence-electron chi connectivity index (χ3n) is 3.27. The highest BCUT2D eigenvalue weighted by molar-refractivity contribution is 9.10. The summed E-state index contributed by atoms with van der Waals surface area (Å²) in [5.74, 6) is -0.363.